The van der Waals surface area contributed by atoms with E-state index in [-0.39, 0.29) is 21.8 Å². The molecule has 0 aromatic heterocycles. The molecule has 0 aliphatic carbocycles. The first-order chi connectivity index (χ1) is 14.3. The number of fused-ring (bicyclic) bond motifs is 1. The van der Waals surface area contributed by atoms with E-state index in [1.165, 1.54) is 44.5 Å². The zero-order valence-electron chi connectivity index (χ0n) is 16.1. The summed E-state index contributed by atoms with van der Waals surface area (Å²) in [4.78, 5) is 37.2. The summed E-state index contributed by atoms with van der Waals surface area (Å²) in [6.45, 7) is -0.530. The number of imide groups is 1. The molecule has 0 atom stereocenters. The number of hydrogen-bond acceptors (Lipinski definition) is 7. The van der Waals surface area contributed by atoms with Crippen LogP contribution in [0.4, 0.5) is 0 Å². The number of rotatable bonds is 7. The van der Waals surface area contributed by atoms with Gasteiger partial charge in [-0.05, 0) is 43.0 Å². The maximum absolute atomic E-state index is 12.2. The molecule has 2 aromatic carbocycles. The predicted molar refractivity (Wildman–Crippen MR) is 106 cm³/mol. The van der Waals surface area contributed by atoms with E-state index in [1.54, 1.807) is 18.2 Å². The van der Waals surface area contributed by atoms with Crippen LogP contribution in [0, 0.1) is 0 Å². The molecule has 3 rings (SSSR count). The lowest BCUT2D eigenvalue weighted by atomic mass is 10.1. The number of amides is 2. The fourth-order valence-corrected chi connectivity index (χ4v) is 3.74. The van der Waals surface area contributed by atoms with Gasteiger partial charge in [0.25, 0.3) is 11.8 Å². The highest BCUT2D eigenvalue weighted by Crippen LogP contribution is 2.25. The number of hydrogen-bond donors (Lipinski definition) is 1. The van der Waals surface area contributed by atoms with Crippen molar-refractivity contribution in [2.45, 2.75) is 4.90 Å². The SMILES string of the molecule is CNS(=O)(=O)c1cc(/C=C/C(=O)OCN2C(=O)c3ccccc3C2=O)ccc1OC. The lowest BCUT2D eigenvalue weighted by Gasteiger charge is -2.12. The molecule has 0 fully saturated rings. The molecule has 156 valence electrons. The number of nitrogens with one attached hydrogen (secondary N) is 1. The highest BCUT2D eigenvalue weighted by Gasteiger charge is 2.35. The van der Waals surface area contributed by atoms with Gasteiger partial charge in [-0.3, -0.25) is 9.59 Å². The molecule has 2 amide bonds. The first-order valence-electron chi connectivity index (χ1n) is 8.70. The summed E-state index contributed by atoms with van der Waals surface area (Å²) in [7, 11) is -1.15. The minimum Gasteiger partial charge on any atom is -0.495 e. The van der Waals surface area contributed by atoms with Crippen molar-refractivity contribution in [3.63, 3.8) is 0 Å². The Hall–Kier alpha value is -3.50. The van der Waals surface area contributed by atoms with E-state index in [2.05, 4.69) is 4.72 Å². The van der Waals surface area contributed by atoms with Crippen molar-refractivity contribution in [1.29, 1.82) is 0 Å². The van der Waals surface area contributed by atoms with Gasteiger partial charge < -0.3 is 9.47 Å². The molecule has 0 bridgehead atoms. The van der Waals surface area contributed by atoms with Gasteiger partial charge in [0, 0.05) is 6.08 Å². The second-order valence-electron chi connectivity index (χ2n) is 6.13. The number of sulfonamides is 1. The van der Waals surface area contributed by atoms with Crippen LogP contribution in [-0.4, -0.2) is 52.0 Å². The van der Waals surface area contributed by atoms with Crippen LogP contribution < -0.4 is 9.46 Å². The molecule has 1 N–H and O–H groups in total. The van der Waals surface area contributed by atoms with Gasteiger partial charge in [0.1, 0.15) is 10.6 Å². The molecule has 0 unspecified atom stereocenters. The Balaban J connectivity index is 1.68. The van der Waals surface area contributed by atoms with Gasteiger partial charge in [0.2, 0.25) is 10.0 Å². The summed E-state index contributed by atoms with van der Waals surface area (Å²) in [5.41, 5.74) is 0.915. The molecular weight excluding hydrogens is 412 g/mol. The average molecular weight is 430 g/mol. The monoisotopic (exact) mass is 430 g/mol. The lowest BCUT2D eigenvalue weighted by molar-refractivity contribution is -0.140. The van der Waals surface area contributed by atoms with E-state index >= 15 is 0 Å². The summed E-state index contributed by atoms with van der Waals surface area (Å²) in [5.74, 6) is -1.73. The van der Waals surface area contributed by atoms with E-state index in [9.17, 15) is 22.8 Å². The maximum Gasteiger partial charge on any atom is 0.332 e. The fourth-order valence-electron chi connectivity index (χ4n) is 2.81. The highest BCUT2D eigenvalue weighted by atomic mass is 32.2. The number of methoxy groups -OCH3 is 1. The second kappa shape index (κ2) is 8.47. The van der Waals surface area contributed by atoms with Gasteiger partial charge in [-0.15, -0.1) is 0 Å². The Morgan fingerprint density at radius 3 is 2.30 bits per heavy atom. The Bertz CT molecular complexity index is 1120. The van der Waals surface area contributed by atoms with E-state index in [1.807, 2.05) is 0 Å². The van der Waals surface area contributed by atoms with Gasteiger partial charge in [-0.2, -0.15) is 0 Å². The topological polar surface area (TPSA) is 119 Å². The molecule has 30 heavy (non-hydrogen) atoms. The molecule has 1 aliphatic rings. The minimum atomic E-state index is -3.77. The second-order valence-corrected chi connectivity index (χ2v) is 7.98. The van der Waals surface area contributed by atoms with Gasteiger partial charge in [-0.1, -0.05) is 18.2 Å². The van der Waals surface area contributed by atoms with Gasteiger partial charge in [-0.25, -0.2) is 22.8 Å². The number of esters is 1. The van der Waals surface area contributed by atoms with E-state index in [4.69, 9.17) is 9.47 Å². The number of carbonyl (C=O) groups is 3. The number of ether oxygens (including phenoxy) is 2. The summed E-state index contributed by atoms with van der Waals surface area (Å²) in [5, 5.41) is 0. The van der Waals surface area contributed by atoms with Crippen molar-refractivity contribution < 1.29 is 32.3 Å². The Morgan fingerprint density at radius 1 is 1.10 bits per heavy atom. The zero-order valence-corrected chi connectivity index (χ0v) is 16.9. The molecule has 1 aliphatic heterocycles. The van der Waals surface area contributed by atoms with E-state index < -0.39 is 34.5 Å². The molecule has 2 aromatic rings. The number of benzene rings is 2. The Labute approximate surface area is 172 Å². The third-order valence-electron chi connectivity index (χ3n) is 4.37. The van der Waals surface area contributed by atoms with Crippen LogP contribution in [0.2, 0.25) is 0 Å². The molecule has 1 heterocycles. The normalized spacial score (nSPS) is 13.6. The summed E-state index contributed by atoms with van der Waals surface area (Å²) in [6.07, 6.45) is 2.41. The molecule has 10 heteroatoms. The Morgan fingerprint density at radius 2 is 1.73 bits per heavy atom. The van der Waals surface area contributed by atoms with Crippen molar-refractivity contribution in [2.24, 2.45) is 0 Å². The minimum absolute atomic E-state index is 0.0889. The van der Waals surface area contributed by atoms with Crippen LogP contribution in [-0.2, 0) is 19.6 Å². The van der Waals surface area contributed by atoms with Gasteiger partial charge in [0.15, 0.2) is 6.73 Å². The summed E-state index contributed by atoms with van der Waals surface area (Å²) < 4.78 is 36.4. The Kier molecular flexibility index (Phi) is 5.99. The van der Waals surface area contributed by atoms with Crippen LogP contribution in [0.15, 0.2) is 53.4 Å². The van der Waals surface area contributed by atoms with Crippen LogP contribution >= 0.6 is 0 Å². The molecular formula is C20H18N2O7S. The molecule has 0 radical (unpaired) electrons. The summed E-state index contributed by atoms with van der Waals surface area (Å²) in [6, 6.07) is 10.7. The van der Waals surface area contributed by atoms with Crippen molar-refractivity contribution >= 4 is 33.9 Å². The first kappa shape index (κ1) is 21.2. The van der Waals surface area contributed by atoms with E-state index in [0.29, 0.717) is 5.56 Å². The zero-order chi connectivity index (χ0) is 21.9. The quantitative estimate of drug-likeness (QED) is 0.401. The number of nitrogens with zero attached hydrogens (tertiary/aromatic N) is 1. The number of carbonyl (C=O) groups excluding carboxylic acids is 3. The maximum atomic E-state index is 12.2. The van der Waals surface area contributed by atoms with Gasteiger partial charge >= 0.3 is 5.97 Å². The molecule has 9 nitrogen and oxygen atoms in total. The van der Waals surface area contributed by atoms with Crippen LogP contribution in [0.5, 0.6) is 5.75 Å². The van der Waals surface area contributed by atoms with Crippen molar-refractivity contribution in [3.05, 3.63) is 65.2 Å². The van der Waals surface area contributed by atoms with Crippen LogP contribution in [0.3, 0.4) is 0 Å². The van der Waals surface area contributed by atoms with Crippen molar-refractivity contribution in [1.82, 2.24) is 9.62 Å². The van der Waals surface area contributed by atoms with Crippen LogP contribution in [0.25, 0.3) is 6.08 Å². The van der Waals surface area contributed by atoms with Crippen molar-refractivity contribution in [3.8, 4) is 5.75 Å². The van der Waals surface area contributed by atoms with Gasteiger partial charge in [0.05, 0.1) is 18.2 Å². The fraction of sp³-hybridized carbons (Fsp3) is 0.150. The third-order valence-corrected chi connectivity index (χ3v) is 5.81. The van der Waals surface area contributed by atoms with Crippen LogP contribution in [0.1, 0.15) is 26.3 Å². The summed E-state index contributed by atoms with van der Waals surface area (Å²) >= 11 is 0. The largest absolute Gasteiger partial charge is 0.495 e. The first-order valence-corrected chi connectivity index (χ1v) is 10.2. The lowest BCUT2D eigenvalue weighted by Crippen LogP contribution is -2.32. The molecule has 0 spiro atoms. The van der Waals surface area contributed by atoms with Crippen molar-refractivity contribution in [2.75, 3.05) is 20.9 Å². The molecule has 0 saturated heterocycles. The third kappa shape index (κ3) is 4.09. The van der Waals surface area contributed by atoms with E-state index in [0.717, 1.165) is 11.0 Å². The average Bonchev–Trinajstić information content (AvgIpc) is 3.00. The smallest absolute Gasteiger partial charge is 0.332 e. The standard InChI is InChI=1S/C20H18N2O7S/c1-21-30(26,27)17-11-13(7-9-16(17)28-2)8-10-18(23)29-12-22-19(24)14-5-3-4-6-15(14)20(22)25/h3-11,21H,12H2,1-2H3/b10-8+. The predicted octanol–water partition coefficient (Wildman–Crippen LogP) is 1.41. The molecule has 0 saturated carbocycles. The highest BCUT2D eigenvalue weighted by molar-refractivity contribution is 7.89.